The third-order valence-corrected chi connectivity index (χ3v) is 12.6. The van der Waals surface area contributed by atoms with Crippen molar-refractivity contribution in [1.29, 1.82) is 0 Å². The number of rotatable bonds is 6. The van der Waals surface area contributed by atoms with E-state index in [9.17, 15) is 0 Å². The molecule has 0 radical (unpaired) electrons. The highest BCUT2D eigenvalue weighted by Crippen LogP contribution is 2.68. The fraction of sp³-hybridized carbons (Fsp3) is 0.0175. The van der Waals surface area contributed by atoms with Crippen molar-refractivity contribution >= 4 is 55.7 Å². The summed E-state index contributed by atoms with van der Waals surface area (Å²) in [4.78, 5) is 4.97. The number of hydrogen-bond donors (Lipinski definition) is 0. The van der Waals surface area contributed by atoms with Gasteiger partial charge in [-0.3, -0.25) is 0 Å². The molecule has 276 valence electrons. The largest absolute Gasteiger partial charge is 0.310 e. The van der Waals surface area contributed by atoms with Crippen molar-refractivity contribution in [2.75, 3.05) is 9.80 Å². The Hall–Kier alpha value is -7.68. The van der Waals surface area contributed by atoms with Gasteiger partial charge in [-0.05, 0) is 104 Å². The molecule has 0 fully saturated rings. The Morgan fingerprint density at radius 3 is 1.41 bits per heavy atom. The molecule has 10 aromatic rings. The fourth-order valence-electron chi connectivity index (χ4n) is 10.4. The van der Waals surface area contributed by atoms with E-state index in [1.807, 2.05) is 0 Å². The number of fused-ring (bicyclic) bond motifs is 13. The first-order chi connectivity index (χ1) is 29.3. The van der Waals surface area contributed by atoms with Crippen molar-refractivity contribution in [3.8, 4) is 22.3 Å². The molecule has 2 heteroatoms. The average Bonchev–Trinajstić information content (AvgIpc) is 3.79. The summed E-state index contributed by atoms with van der Waals surface area (Å²) in [5.74, 6) is 0. The lowest BCUT2D eigenvalue weighted by Gasteiger charge is -2.36. The second-order valence-electron chi connectivity index (χ2n) is 15.6. The molecule has 12 rings (SSSR count). The predicted octanol–water partition coefficient (Wildman–Crippen LogP) is 15.3. The van der Waals surface area contributed by atoms with Crippen LogP contribution in [0.1, 0.15) is 22.3 Å². The van der Waals surface area contributed by atoms with Gasteiger partial charge >= 0.3 is 0 Å². The summed E-state index contributed by atoms with van der Waals surface area (Å²) < 4.78 is 0. The SMILES string of the molecule is c1ccc(N(c2ccccc2)c2cccc3c2-c2ccccc2C32c3ccccc3-c3c2c(N(c2ccccc2)c2cccc4ccccc24)cc2ccccc32)cc1. The van der Waals surface area contributed by atoms with Crippen molar-refractivity contribution in [3.05, 3.63) is 253 Å². The maximum Gasteiger partial charge on any atom is 0.0747 e. The van der Waals surface area contributed by atoms with Crippen LogP contribution in [0.15, 0.2) is 231 Å². The topological polar surface area (TPSA) is 6.48 Å². The van der Waals surface area contributed by atoms with Gasteiger partial charge < -0.3 is 9.80 Å². The molecule has 0 saturated carbocycles. The fourth-order valence-corrected chi connectivity index (χ4v) is 10.4. The van der Waals surface area contributed by atoms with Gasteiger partial charge in [-0.1, -0.05) is 176 Å². The monoisotopic (exact) mass is 750 g/mol. The normalized spacial score (nSPS) is 14.5. The molecule has 2 nitrogen and oxygen atoms in total. The van der Waals surface area contributed by atoms with Crippen molar-refractivity contribution in [2.24, 2.45) is 0 Å². The number of hydrogen-bond acceptors (Lipinski definition) is 2. The molecule has 2 aliphatic carbocycles. The Morgan fingerprint density at radius 2 is 0.746 bits per heavy atom. The van der Waals surface area contributed by atoms with E-state index in [-0.39, 0.29) is 0 Å². The van der Waals surface area contributed by atoms with E-state index in [1.165, 1.54) is 71.7 Å². The van der Waals surface area contributed by atoms with Gasteiger partial charge in [0.1, 0.15) is 0 Å². The van der Waals surface area contributed by atoms with Crippen LogP contribution in [0.4, 0.5) is 34.1 Å². The van der Waals surface area contributed by atoms with Gasteiger partial charge in [-0.15, -0.1) is 0 Å². The van der Waals surface area contributed by atoms with Crippen LogP contribution in [0.2, 0.25) is 0 Å². The zero-order chi connectivity index (χ0) is 38.9. The Kier molecular flexibility index (Phi) is 7.48. The van der Waals surface area contributed by atoms with Crippen LogP contribution in [0.3, 0.4) is 0 Å². The molecule has 0 saturated heterocycles. The van der Waals surface area contributed by atoms with Gasteiger partial charge in [0, 0.05) is 33.6 Å². The third-order valence-electron chi connectivity index (χ3n) is 12.6. The number of nitrogens with zero attached hydrogens (tertiary/aromatic N) is 2. The Labute approximate surface area is 344 Å². The van der Waals surface area contributed by atoms with Crippen molar-refractivity contribution in [3.63, 3.8) is 0 Å². The summed E-state index contributed by atoms with van der Waals surface area (Å²) in [5, 5.41) is 4.90. The molecule has 0 bridgehead atoms. The summed E-state index contributed by atoms with van der Waals surface area (Å²) in [6.45, 7) is 0. The molecule has 59 heavy (non-hydrogen) atoms. The Bertz CT molecular complexity index is 3180. The molecule has 2 aliphatic rings. The van der Waals surface area contributed by atoms with E-state index in [1.54, 1.807) is 0 Å². The standard InChI is InChI=1S/C57H38N2/c1-4-23-41(24-5-1)58(42-25-6-2-7-26-42)52-37-19-35-50-55(52)47-32-15-17-34-49(47)57(50)48-33-16-14-31-46(48)54-45-30-13-11-21-40(45)38-53(56(54)57)59(43-27-8-3-9-28-43)51-36-18-22-39-20-10-12-29-44(39)51/h1-38H. The summed E-state index contributed by atoms with van der Waals surface area (Å²) in [7, 11) is 0. The van der Waals surface area contributed by atoms with E-state index in [0.717, 1.165) is 28.4 Å². The first-order valence-electron chi connectivity index (χ1n) is 20.4. The number of anilines is 6. The van der Waals surface area contributed by atoms with E-state index < -0.39 is 5.41 Å². The lowest BCUT2D eigenvalue weighted by Crippen LogP contribution is -2.28. The highest BCUT2D eigenvalue weighted by atomic mass is 15.2. The molecule has 0 amide bonds. The van der Waals surface area contributed by atoms with Crippen LogP contribution < -0.4 is 9.80 Å². The summed E-state index contributed by atoms with van der Waals surface area (Å²) in [6.07, 6.45) is 0. The van der Waals surface area contributed by atoms with E-state index >= 15 is 0 Å². The van der Waals surface area contributed by atoms with Crippen molar-refractivity contribution < 1.29 is 0 Å². The van der Waals surface area contributed by atoms with Gasteiger partial charge in [0.15, 0.2) is 0 Å². The molecule has 1 atom stereocenters. The van der Waals surface area contributed by atoms with Crippen LogP contribution in [0.25, 0.3) is 43.8 Å². The lowest BCUT2D eigenvalue weighted by atomic mass is 9.69. The van der Waals surface area contributed by atoms with Crippen LogP contribution in [0, 0.1) is 0 Å². The highest BCUT2D eigenvalue weighted by Gasteiger charge is 2.54. The second kappa shape index (κ2) is 13.2. The quantitative estimate of drug-likeness (QED) is 0.167. The van der Waals surface area contributed by atoms with Crippen molar-refractivity contribution in [2.45, 2.75) is 5.41 Å². The second-order valence-corrected chi connectivity index (χ2v) is 15.6. The maximum absolute atomic E-state index is 2.53. The first kappa shape index (κ1) is 33.5. The smallest absolute Gasteiger partial charge is 0.0747 e. The van der Waals surface area contributed by atoms with E-state index in [2.05, 4.69) is 240 Å². The molecule has 0 N–H and O–H groups in total. The van der Waals surface area contributed by atoms with Gasteiger partial charge in [-0.2, -0.15) is 0 Å². The van der Waals surface area contributed by atoms with Gasteiger partial charge in [-0.25, -0.2) is 0 Å². The van der Waals surface area contributed by atoms with Crippen LogP contribution in [-0.2, 0) is 5.41 Å². The highest BCUT2D eigenvalue weighted by molar-refractivity contribution is 6.12. The van der Waals surface area contributed by atoms with Gasteiger partial charge in [0.25, 0.3) is 0 Å². The summed E-state index contributed by atoms with van der Waals surface area (Å²) >= 11 is 0. The van der Waals surface area contributed by atoms with Crippen LogP contribution >= 0.6 is 0 Å². The predicted molar refractivity (Wildman–Crippen MR) is 247 cm³/mol. The maximum atomic E-state index is 2.53. The number of benzene rings is 10. The molecule has 10 aromatic carbocycles. The minimum atomic E-state index is -0.635. The van der Waals surface area contributed by atoms with Gasteiger partial charge in [0.05, 0.1) is 22.5 Å². The Balaban J connectivity index is 1.26. The molecular formula is C57H38N2. The lowest BCUT2D eigenvalue weighted by molar-refractivity contribution is 0.793. The van der Waals surface area contributed by atoms with Crippen LogP contribution in [-0.4, -0.2) is 0 Å². The molecule has 0 aliphatic heterocycles. The average molecular weight is 751 g/mol. The minimum absolute atomic E-state index is 0.635. The van der Waals surface area contributed by atoms with E-state index in [0.29, 0.717) is 0 Å². The first-order valence-corrected chi connectivity index (χ1v) is 20.4. The third kappa shape index (κ3) is 4.81. The molecule has 1 unspecified atom stereocenters. The zero-order valence-corrected chi connectivity index (χ0v) is 32.3. The van der Waals surface area contributed by atoms with E-state index in [4.69, 9.17) is 0 Å². The minimum Gasteiger partial charge on any atom is -0.310 e. The van der Waals surface area contributed by atoms with Gasteiger partial charge in [0.2, 0.25) is 0 Å². The van der Waals surface area contributed by atoms with Crippen molar-refractivity contribution in [1.82, 2.24) is 0 Å². The number of para-hydroxylation sites is 3. The molecular weight excluding hydrogens is 713 g/mol. The molecule has 1 spiro atoms. The molecule has 0 heterocycles. The molecule has 0 aromatic heterocycles. The van der Waals surface area contributed by atoms with Crippen LogP contribution in [0.5, 0.6) is 0 Å². The summed E-state index contributed by atoms with van der Waals surface area (Å²) in [5.41, 5.74) is 16.5. The summed E-state index contributed by atoms with van der Waals surface area (Å²) in [6, 6.07) is 84.9. The Morgan fingerprint density at radius 1 is 0.288 bits per heavy atom. The zero-order valence-electron chi connectivity index (χ0n) is 32.3.